The third kappa shape index (κ3) is 3.58. The Balaban J connectivity index is 2.87. The first-order valence-electron chi connectivity index (χ1n) is 5.17. The minimum Gasteiger partial charge on any atom is -0.480 e. The van der Waals surface area contributed by atoms with Crippen LogP contribution in [0.5, 0.6) is 0 Å². The van der Waals surface area contributed by atoms with E-state index in [0.717, 1.165) is 0 Å². The zero-order valence-electron chi connectivity index (χ0n) is 9.78. The van der Waals surface area contributed by atoms with E-state index in [0.29, 0.717) is 0 Å². The molecule has 0 saturated carbocycles. The standard InChI is InChI=1S/C11H12Cl2N2O3/c1-5(2)8(11(17)18)15-10(16)6-3-7(12)9(13)14-4-6/h3-5,8H,1-2H3,(H,15,16)(H,17,18)/t8-/m0/s1. The molecule has 0 unspecified atom stereocenters. The van der Waals surface area contributed by atoms with E-state index in [1.165, 1.54) is 12.3 Å². The molecule has 1 aromatic rings. The van der Waals surface area contributed by atoms with Gasteiger partial charge >= 0.3 is 5.97 Å². The molecule has 1 rings (SSSR count). The first-order valence-corrected chi connectivity index (χ1v) is 5.93. The van der Waals surface area contributed by atoms with Gasteiger partial charge in [-0.25, -0.2) is 9.78 Å². The molecule has 0 radical (unpaired) electrons. The summed E-state index contributed by atoms with van der Waals surface area (Å²) in [6.07, 6.45) is 1.24. The lowest BCUT2D eigenvalue weighted by Gasteiger charge is -2.17. The average Bonchev–Trinajstić information content (AvgIpc) is 2.28. The summed E-state index contributed by atoms with van der Waals surface area (Å²) in [4.78, 5) is 26.5. The Labute approximate surface area is 114 Å². The van der Waals surface area contributed by atoms with Crippen LogP contribution in [0.1, 0.15) is 24.2 Å². The minimum atomic E-state index is -1.09. The van der Waals surface area contributed by atoms with Crippen molar-refractivity contribution >= 4 is 35.1 Å². The Kier molecular flexibility index (Phi) is 4.93. The highest BCUT2D eigenvalue weighted by atomic mass is 35.5. The molecule has 2 N–H and O–H groups in total. The molecule has 0 aliphatic rings. The number of nitrogens with zero attached hydrogens (tertiary/aromatic N) is 1. The predicted molar refractivity (Wildman–Crippen MR) is 68.0 cm³/mol. The van der Waals surface area contributed by atoms with Gasteiger partial charge in [-0.05, 0) is 12.0 Å². The maximum absolute atomic E-state index is 11.8. The Hall–Kier alpha value is -1.33. The molecule has 5 nitrogen and oxygen atoms in total. The lowest BCUT2D eigenvalue weighted by Crippen LogP contribution is -2.44. The molecular weight excluding hydrogens is 279 g/mol. The van der Waals surface area contributed by atoms with Crippen molar-refractivity contribution in [3.63, 3.8) is 0 Å². The van der Waals surface area contributed by atoms with Crippen molar-refractivity contribution in [3.05, 3.63) is 28.0 Å². The number of rotatable bonds is 4. The van der Waals surface area contributed by atoms with Gasteiger partial charge in [0.05, 0.1) is 10.6 Å². The molecule has 0 fully saturated rings. The fourth-order valence-electron chi connectivity index (χ4n) is 1.28. The third-order valence-electron chi connectivity index (χ3n) is 2.28. The van der Waals surface area contributed by atoms with Gasteiger partial charge in [0.15, 0.2) is 0 Å². The molecule has 18 heavy (non-hydrogen) atoms. The second-order valence-corrected chi connectivity index (χ2v) is 4.80. The number of carboxylic acid groups (broad SMARTS) is 1. The maximum atomic E-state index is 11.8. The van der Waals surface area contributed by atoms with Gasteiger partial charge in [0.1, 0.15) is 11.2 Å². The molecule has 1 aromatic heterocycles. The van der Waals surface area contributed by atoms with Crippen LogP contribution < -0.4 is 5.32 Å². The summed E-state index contributed by atoms with van der Waals surface area (Å²) >= 11 is 11.4. The van der Waals surface area contributed by atoms with E-state index in [4.69, 9.17) is 28.3 Å². The number of amides is 1. The number of halogens is 2. The van der Waals surface area contributed by atoms with Crippen LogP contribution in [0.25, 0.3) is 0 Å². The number of hydrogen-bond donors (Lipinski definition) is 2. The molecule has 1 amide bonds. The summed E-state index contributed by atoms with van der Waals surface area (Å²) in [6.45, 7) is 3.40. The van der Waals surface area contributed by atoms with Crippen LogP contribution in [0.2, 0.25) is 10.2 Å². The van der Waals surface area contributed by atoms with E-state index < -0.39 is 17.9 Å². The monoisotopic (exact) mass is 290 g/mol. The van der Waals surface area contributed by atoms with Crippen LogP contribution >= 0.6 is 23.2 Å². The van der Waals surface area contributed by atoms with Crippen LogP contribution in [-0.4, -0.2) is 28.0 Å². The smallest absolute Gasteiger partial charge is 0.326 e. The molecule has 0 aliphatic carbocycles. The first kappa shape index (κ1) is 14.7. The number of hydrogen-bond acceptors (Lipinski definition) is 3. The summed E-state index contributed by atoms with van der Waals surface area (Å²) in [7, 11) is 0. The topological polar surface area (TPSA) is 79.3 Å². The van der Waals surface area contributed by atoms with Gasteiger partial charge in [0.2, 0.25) is 0 Å². The second kappa shape index (κ2) is 6.02. The summed E-state index contributed by atoms with van der Waals surface area (Å²) < 4.78 is 0. The Morgan fingerprint density at radius 1 is 1.39 bits per heavy atom. The predicted octanol–water partition coefficient (Wildman–Crippen LogP) is 2.23. The number of aromatic nitrogens is 1. The summed E-state index contributed by atoms with van der Waals surface area (Å²) in [5, 5.41) is 11.6. The van der Waals surface area contributed by atoms with Crippen LogP contribution in [0.3, 0.4) is 0 Å². The van der Waals surface area contributed by atoms with Gasteiger partial charge in [-0.2, -0.15) is 0 Å². The van der Waals surface area contributed by atoms with Crippen LogP contribution in [-0.2, 0) is 4.79 Å². The Morgan fingerprint density at radius 3 is 2.44 bits per heavy atom. The van der Waals surface area contributed by atoms with Crippen LogP contribution in [0.4, 0.5) is 0 Å². The normalized spacial score (nSPS) is 12.3. The zero-order chi connectivity index (χ0) is 13.9. The summed E-state index contributed by atoms with van der Waals surface area (Å²) in [6, 6.07) is 0.373. The van der Waals surface area contributed by atoms with Gasteiger partial charge < -0.3 is 10.4 Å². The lowest BCUT2D eigenvalue weighted by molar-refractivity contribution is -0.140. The number of carbonyl (C=O) groups is 2. The van der Waals surface area contributed by atoms with Gasteiger partial charge in [-0.1, -0.05) is 37.0 Å². The highest BCUT2D eigenvalue weighted by molar-refractivity contribution is 6.41. The van der Waals surface area contributed by atoms with Gasteiger partial charge in [0, 0.05) is 6.20 Å². The van der Waals surface area contributed by atoms with Gasteiger partial charge in [-0.3, -0.25) is 4.79 Å². The fourth-order valence-corrected chi connectivity index (χ4v) is 1.55. The third-order valence-corrected chi connectivity index (χ3v) is 2.96. The average molecular weight is 291 g/mol. The Bertz CT molecular complexity index is 477. The quantitative estimate of drug-likeness (QED) is 0.834. The number of nitrogens with one attached hydrogen (secondary N) is 1. The molecule has 0 bridgehead atoms. The SMILES string of the molecule is CC(C)[C@H](NC(=O)c1cnc(Cl)c(Cl)c1)C(=O)O. The van der Waals surface area contributed by atoms with E-state index >= 15 is 0 Å². The molecule has 98 valence electrons. The largest absolute Gasteiger partial charge is 0.480 e. The van der Waals surface area contributed by atoms with E-state index in [-0.39, 0.29) is 21.7 Å². The van der Waals surface area contributed by atoms with E-state index in [2.05, 4.69) is 10.3 Å². The fraction of sp³-hybridized carbons (Fsp3) is 0.364. The second-order valence-electron chi connectivity index (χ2n) is 4.03. The molecule has 0 spiro atoms. The lowest BCUT2D eigenvalue weighted by atomic mass is 10.0. The molecule has 0 aromatic carbocycles. The van der Waals surface area contributed by atoms with Crippen LogP contribution in [0, 0.1) is 5.92 Å². The zero-order valence-corrected chi connectivity index (χ0v) is 11.3. The summed E-state index contributed by atoms with van der Waals surface area (Å²) in [5.41, 5.74) is 0.163. The molecule has 1 heterocycles. The molecule has 1 atom stereocenters. The van der Waals surface area contributed by atoms with Crippen molar-refractivity contribution in [2.75, 3.05) is 0 Å². The molecule has 0 aliphatic heterocycles. The molecule has 7 heteroatoms. The van der Waals surface area contributed by atoms with Crippen molar-refractivity contribution in [3.8, 4) is 0 Å². The van der Waals surface area contributed by atoms with Crippen molar-refractivity contribution in [1.29, 1.82) is 0 Å². The summed E-state index contributed by atoms with van der Waals surface area (Å²) in [5.74, 6) is -1.88. The van der Waals surface area contributed by atoms with Crippen molar-refractivity contribution in [2.45, 2.75) is 19.9 Å². The number of carbonyl (C=O) groups excluding carboxylic acids is 1. The number of pyridine rings is 1. The van der Waals surface area contributed by atoms with E-state index in [1.807, 2.05) is 0 Å². The maximum Gasteiger partial charge on any atom is 0.326 e. The minimum absolute atomic E-state index is 0.0897. The van der Waals surface area contributed by atoms with Crippen molar-refractivity contribution in [1.82, 2.24) is 10.3 Å². The van der Waals surface area contributed by atoms with E-state index in [9.17, 15) is 9.59 Å². The Morgan fingerprint density at radius 2 is 2.00 bits per heavy atom. The first-order chi connectivity index (χ1) is 8.32. The van der Waals surface area contributed by atoms with E-state index in [1.54, 1.807) is 13.8 Å². The van der Waals surface area contributed by atoms with Crippen molar-refractivity contribution < 1.29 is 14.7 Å². The highest BCUT2D eigenvalue weighted by Gasteiger charge is 2.24. The molecular formula is C11H12Cl2N2O3. The number of carboxylic acids is 1. The van der Waals surface area contributed by atoms with Crippen molar-refractivity contribution in [2.24, 2.45) is 5.92 Å². The molecule has 0 saturated heterocycles. The van der Waals surface area contributed by atoms with Crippen LogP contribution in [0.15, 0.2) is 12.3 Å². The van der Waals surface area contributed by atoms with Gasteiger partial charge in [0.25, 0.3) is 5.91 Å². The highest BCUT2D eigenvalue weighted by Crippen LogP contribution is 2.19. The van der Waals surface area contributed by atoms with Gasteiger partial charge in [-0.15, -0.1) is 0 Å². The number of aliphatic carboxylic acids is 1.